The van der Waals surface area contributed by atoms with Crippen molar-refractivity contribution in [3.63, 3.8) is 0 Å². The molecule has 0 spiro atoms. The molecular formula is C13H15ClN2O3. The van der Waals surface area contributed by atoms with Gasteiger partial charge in [0.2, 0.25) is 0 Å². The van der Waals surface area contributed by atoms with E-state index < -0.39 is 0 Å². The van der Waals surface area contributed by atoms with Crippen LogP contribution >= 0.6 is 11.6 Å². The molecule has 102 valence electrons. The van der Waals surface area contributed by atoms with E-state index in [2.05, 4.69) is 10.1 Å². The molecule has 0 unspecified atom stereocenters. The number of nitrogens with zero attached hydrogens (tertiary/aromatic N) is 2. The van der Waals surface area contributed by atoms with E-state index in [1.54, 1.807) is 18.2 Å². The molecule has 0 atom stereocenters. The minimum absolute atomic E-state index is 0.146. The largest absolute Gasteiger partial charge is 0.483 e. The van der Waals surface area contributed by atoms with Gasteiger partial charge >= 0.3 is 0 Å². The smallest absolute Gasteiger partial charge is 0.264 e. The van der Waals surface area contributed by atoms with Gasteiger partial charge in [0.1, 0.15) is 5.75 Å². The maximum absolute atomic E-state index is 9.26. The van der Waals surface area contributed by atoms with Crippen LogP contribution in [0.3, 0.4) is 0 Å². The normalized spacial score (nSPS) is 11.0. The number of hydrogen-bond donors (Lipinski definition) is 1. The number of rotatable bonds is 5. The molecule has 19 heavy (non-hydrogen) atoms. The maximum Gasteiger partial charge on any atom is 0.264 e. The van der Waals surface area contributed by atoms with Crippen molar-refractivity contribution in [3.8, 4) is 5.75 Å². The summed E-state index contributed by atoms with van der Waals surface area (Å²) in [5.41, 5.74) is 0.549. The molecule has 0 aliphatic rings. The second kappa shape index (κ2) is 6.04. The molecule has 0 fully saturated rings. The van der Waals surface area contributed by atoms with Crippen molar-refractivity contribution < 1.29 is 14.4 Å². The summed E-state index contributed by atoms with van der Waals surface area (Å²) < 4.78 is 10.6. The lowest BCUT2D eigenvalue weighted by atomic mass is 10.2. The van der Waals surface area contributed by atoms with Crippen LogP contribution in [0.1, 0.15) is 37.0 Å². The van der Waals surface area contributed by atoms with Crippen molar-refractivity contribution in [1.82, 2.24) is 10.1 Å². The molecule has 1 aromatic heterocycles. The van der Waals surface area contributed by atoms with Gasteiger partial charge in [0.15, 0.2) is 12.4 Å². The minimum Gasteiger partial charge on any atom is -0.483 e. The van der Waals surface area contributed by atoms with Gasteiger partial charge in [-0.2, -0.15) is 4.98 Å². The zero-order valence-corrected chi connectivity index (χ0v) is 11.5. The van der Waals surface area contributed by atoms with E-state index in [1.807, 2.05) is 13.8 Å². The Morgan fingerprint density at radius 3 is 2.84 bits per heavy atom. The highest BCUT2D eigenvalue weighted by Gasteiger charge is 2.12. The fraction of sp³-hybridized carbons (Fsp3) is 0.385. The predicted octanol–water partition coefficient (Wildman–Crippen LogP) is 2.92. The third-order valence-corrected chi connectivity index (χ3v) is 2.94. The van der Waals surface area contributed by atoms with Crippen LogP contribution in [0.4, 0.5) is 0 Å². The van der Waals surface area contributed by atoms with Crippen LogP contribution in [0.15, 0.2) is 22.7 Å². The van der Waals surface area contributed by atoms with E-state index in [0.717, 1.165) is 0 Å². The number of aliphatic hydroxyl groups excluding tert-OH is 1. The molecule has 0 amide bonds. The summed E-state index contributed by atoms with van der Waals surface area (Å²) in [5, 5.41) is 13.6. The molecule has 5 nitrogen and oxygen atoms in total. The fourth-order valence-electron chi connectivity index (χ4n) is 1.53. The van der Waals surface area contributed by atoms with Crippen LogP contribution in [0.25, 0.3) is 0 Å². The highest BCUT2D eigenvalue weighted by Crippen LogP contribution is 2.27. The van der Waals surface area contributed by atoms with Crippen molar-refractivity contribution in [2.24, 2.45) is 0 Å². The monoisotopic (exact) mass is 282 g/mol. The molecule has 6 heteroatoms. The Bertz CT molecular complexity index is 555. The summed E-state index contributed by atoms with van der Waals surface area (Å²) in [6.45, 7) is 3.93. The Kier molecular flexibility index (Phi) is 4.39. The minimum atomic E-state index is -0.184. The summed E-state index contributed by atoms with van der Waals surface area (Å²) >= 11 is 5.97. The van der Waals surface area contributed by atoms with Crippen LogP contribution in [0, 0.1) is 0 Å². The van der Waals surface area contributed by atoms with Crippen LogP contribution in [-0.2, 0) is 13.2 Å². The summed E-state index contributed by atoms with van der Waals surface area (Å²) in [5.74, 6) is 1.76. The van der Waals surface area contributed by atoms with Crippen molar-refractivity contribution in [1.29, 1.82) is 0 Å². The summed E-state index contributed by atoms with van der Waals surface area (Å²) in [4.78, 5) is 4.20. The Hall–Kier alpha value is -1.59. The molecule has 1 aromatic carbocycles. The number of halogens is 1. The average molecular weight is 283 g/mol. The first-order valence-corrected chi connectivity index (χ1v) is 6.33. The van der Waals surface area contributed by atoms with E-state index in [9.17, 15) is 5.11 Å². The van der Waals surface area contributed by atoms with Gasteiger partial charge in [-0.3, -0.25) is 0 Å². The highest BCUT2D eigenvalue weighted by molar-refractivity contribution is 6.31. The van der Waals surface area contributed by atoms with Crippen LogP contribution < -0.4 is 4.74 Å². The first-order valence-electron chi connectivity index (χ1n) is 5.95. The van der Waals surface area contributed by atoms with E-state index in [-0.39, 0.29) is 19.1 Å². The molecule has 2 rings (SSSR count). The van der Waals surface area contributed by atoms with Crippen LogP contribution in [-0.4, -0.2) is 15.2 Å². The van der Waals surface area contributed by atoms with Crippen molar-refractivity contribution in [2.75, 3.05) is 0 Å². The molecule has 0 saturated heterocycles. The Balaban J connectivity index is 2.08. The quantitative estimate of drug-likeness (QED) is 0.913. The zero-order chi connectivity index (χ0) is 13.8. The number of benzene rings is 1. The Labute approximate surface area is 116 Å². The molecule has 0 bridgehead atoms. The maximum atomic E-state index is 9.26. The summed E-state index contributed by atoms with van der Waals surface area (Å²) in [7, 11) is 0. The summed E-state index contributed by atoms with van der Waals surface area (Å²) in [6.07, 6.45) is 0. The van der Waals surface area contributed by atoms with E-state index >= 15 is 0 Å². The van der Waals surface area contributed by atoms with E-state index in [4.69, 9.17) is 20.9 Å². The molecular weight excluding hydrogens is 268 g/mol. The fourth-order valence-corrected chi connectivity index (χ4v) is 1.75. The topological polar surface area (TPSA) is 68.4 Å². The van der Waals surface area contributed by atoms with E-state index in [0.29, 0.717) is 28.1 Å². The lowest BCUT2D eigenvalue weighted by molar-refractivity contribution is 0.228. The van der Waals surface area contributed by atoms with Gasteiger partial charge in [-0.25, -0.2) is 0 Å². The van der Waals surface area contributed by atoms with E-state index in [1.165, 1.54) is 0 Å². The number of ether oxygens (including phenoxy) is 1. The third kappa shape index (κ3) is 3.24. The van der Waals surface area contributed by atoms with Crippen molar-refractivity contribution in [2.45, 2.75) is 33.0 Å². The van der Waals surface area contributed by atoms with Gasteiger partial charge in [0, 0.05) is 16.5 Å². The number of aromatic nitrogens is 2. The van der Waals surface area contributed by atoms with Gasteiger partial charge < -0.3 is 14.4 Å². The molecule has 1 N–H and O–H groups in total. The lowest BCUT2D eigenvalue weighted by Crippen LogP contribution is -2.00. The second-order valence-electron chi connectivity index (χ2n) is 4.36. The van der Waals surface area contributed by atoms with Crippen molar-refractivity contribution in [3.05, 3.63) is 40.5 Å². The summed E-state index contributed by atoms with van der Waals surface area (Å²) in [6, 6.07) is 5.19. The van der Waals surface area contributed by atoms with Gasteiger partial charge in [-0.15, -0.1) is 0 Å². The predicted molar refractivity (Wildman–Crippen MR) is 70.1 cm³/mol. The SMILES string of the molecule is CC(C)c1noc(COc2cccc(Cl)c2CO)n1. The van der Waals surface area contributed by atoms with Gasteiger partial charge in [0.05, 0.1) is 6.61 Å². The average Bonchev–Trinajstić information content (AvgIpc) is 2.85. The van der Waals surface area contributed by atoms with Crippen LogP contribution in [0.2, 0.25) is 5.02 Å². The molecule has 0 aliphatic heterocycles. The third-order valence-electron chi connectivity index (χ3n) is 2.59. The second-order valence-corrected chi connectivity index (χ2v) is 4.77. The Morgan fingerprint density at radius 1 is 1.42 bits per heavy atom. The number of hydrogen-bond acceptors (Lipinski definition) is 5. The number of aliphatic hydroxyl groups is 1. The first-order chi connectivity index (χ1) is 9.11. The zero-order valence-electron chi connectivity index (χ0n) is 10.8. The van der Waals surface area contributed by atoms with Crippen LogP contribution in [0.5, 0.6) is 5.75 Å². The Morgan fingerprint density at radius 2 is 2.21 bits per heavy atom. The molecule has 0 radical (unpaired) electrons. The van der Waals surface area contributed by atoms with Crippen molar-refractivity contribution >= 4 is 11.6 Å². The standard InChI is InChI=1S/C13H15ClN2O3/c1-8(2)13-15-12(19-16-13)7-18-11-5-3-4-10(14)9(11)6-17/h3-5,8,17H,6-7H2,1-2H3. The molecule has 0 aliphatic carbocycles. The van der Waals surface area contributed by atoms with Gasteiger partial charge in [-0.1, -0.05) is 36.7 Å². The van der Waals surface area contributed by atoms with Gasteiger partial charge in [0.25, 0.3) is 5.89 Å². The highest BCUT2D eigenvalue weighted by atomic mass is 35.5. The molecule has 1 heterocycles. The lowest BCUT2D eigenvalue weighted by Gasteiger charge is -2.09. The molecule has 2 aromatic rings. The molecule has 0 saturated carbocycles. The first kappa shape index (κ1) is 13.8. The van der Waals surface area contributed by atoms with Gasteiger partial charge in [-0.05, 0) is 12.1 Å².